The first-order valence-corrected chi connectivity index (χ1v) is 9.61. The zero-order chi connectivity index (χ0) is 19.1. The fraction of sp³-hybridized carbons (Fsp3) is 0.353. The summed E-state index contributed by atoms with van der Waals surface area (Å²) in [6.45, 7) is 3.49. The molecule has 1 aromatic carbocycles. The monoisotopic (exact) mass is 376 g/mol. The Hall–Kier alpha value is -2.68. The Labute approximate surface area is 151 Å². The van der Waals surface area contributed by atoms with Gasteiger partial charge in [0.25, 0.3) is 15.9 Å². The zero-order valence-corrected chi connectivity index (χ0v) is 15.6. The van der Waals surface area contributed by atoms with Crippen molar-refractivity contribution in [3.63, 3.8) is 0 Å². The van der Waals surface area contributed by atoms with Crippen molar-refractivity contribution in [2.75, 3.05) is 6.54 Å². The van der Waals surface area contributed by atoms with Crippen LogP contribution in [0, 0.1) is 6.92 Å². The van der Waals surface area contributed by atoms with Crippen LogP contribution in [0.2, 0.25) is 0 Å². The maximum absolute atomic E-state index is 12.5. The Balaban J connectivity index is 1.65. The summed E-state index contributed by atoms with van der Waals surface area (Å²) in [4.78, 5) is 24.5. The highest BCUT2D eigenvalue weighted by molar-refractivity contribution is 7.90. The predicted octanol–water partition coefficient (Wildman–Crippen LogP) is 1.14. The third-order valence-electron chi connectivity index (χ3n) is 4.35. The molecule has 0 unspecified atom stereocenters. The Morgan fingerprint density at radius 1 is 1.31 bits per heavy atom. The van der Waals surface area contributed by atoms with Gasteiger partial charge < -0.3 is 5.32 Å². The van der Waals surface area contributed by atoms with Crippen LogP contribution in [0.5, 0.6) is 0 Å². The van der Waals surface area contributed by atoms with Crippen molar-refractivity contribution >= 4 is 21.8 Å². The van der Waals surface area contributed by atoms with E-state index in [-0.39, 0.29) is 35.4 Å². The number of aryl methyl sites for hydroxylation is 2. The summed E-state index contributed by atoms with van der Waals surface area (Å²) in [6, 6.07) is 5.79. The normalized spacial score (nSPS) is 16.4. The molecular weight excluding hydrogens is 356 g/mol. The van der Waals surface area contributed by atoms with Crippen molar-refractivity contribution in [3.05, 3.63) is 47.3 Å². The average Bonchev–Trinajstić information content (AvgIpc) is 3.01. The van der Waals surface area contributed by atoms with E-state index < -0.39 is 15.9 Å². The smallest absolute Gasteiger partial charge is 0.269 e. The molecule has 0 spiro atoms. The molecule has 8 nitrogen and oxygen atoms in total. The standard InChI is InChI=1S/C17H20N4O4S/c1-11(14-10-20(3)19-12(14)2)18-16(22)8-9-21-17(23)13-6-4-5-7-15(13)26(21,24)25/h4-7,10-11H,8-9H2,1-3H3,(H,18,22)/t11-/m0/s1. The molecule has 1 aliphatic heterocycles. The quantitative estimate of drug-likeness (QED) is 0.843. The van der Waals surface area contributed by atoms with Crippen molar-refractivity contribution < 1.29 is 18.0 Å². The zero-order valence-electron chi connectivity index (χ0n) is 14.8. The molecule has 2 aromatic rings. The second-order valence-electron chi connectivity index (χ2n) is 6.26. The molecule has 1 aromatic heterocycles. The predicted molar refractivity (Wildman–Crippen MR) is 93.8 cm³/mol. The number of hydrogen-bond acceptors (Lipinski definition) is 5. The molecule has 0 fully saturated rings. The van der Waals surface area contributed by atoms with Crippen LogP contribution >= 0.6 is 0 Å². The minimum atomic E-state index is -3.88. The van der Waals surface area contributed by atoms with E-state index in [0.717, 1.165) is 15.6 Å². The molecule has 3 rings (SSSR count). The molecule has 0 radical (unpaired) electrons. The van der Waals surface area contributed by atoms with Gasteiger partial charge in [-0.3, -0.25) is 14.3 Å². The Morgan fingerprint density at radius 2 is 2.00 bits per heavy atom. The van der Waals surface area contributed by atoms with Gasteiger partial charge in [-0.2, -0.15) is 5.10 Å². The Bertz CT molecular complexity index is 980. The number of nitrogens with zero attached hydrogens (tertiary/aromatic N) is 3. The van der Waals surface area contributed by atoms with Gasteiger partial charge in [0.2, 0.25) is 5.91 Å². The van der Waals surface area contributed by atoms with E-state index in [1.165, 1.54) is 12.1 Å². The number of amides is 2. The molecule has 1 N–H and O–H groups in total. The molecule has 2 amide bonds. The van der Waals surface area contributed by atoms with Gasteiger partial charge in [0.1, 0.15) is 4.90 Å². The van der Waals surface area contributed by atoms with Gasteiger partial charge in [0, 0.05) is 31.8 Å². The number of carbonyl (C=O) groups is 2. The third-order valence-corrected chi connectivity index (χ3v) is 6.19. The molecule has 1 aliphatic rings. The summed E-state index contributed by atoms with van der Waals surface area (Å²) in [7, 11) is -2.09. The van der Waals surface area contributed by atoms with Crippen LogP contribution < -0.4 is 5.32 Å². The van der Waals surface area contributed by atoms with E-state index in [1.54, 1.807) is 23.9 Å². The summed E-state index contributed by atoms with van der Waals surface area (Å²) < 4.78 is 27.3. The van der Waals surface area contributed by atoms with E-state index in [0.29, 0.717) is 0 Å². The largest absolute Gasteiger partial charge is 0.349 e. The van der Waals surface area contributed by atoms with Gasteiger partial charge in [-0.05, 0) is 26.0 Å². The fourth-order valence-corrected chi connectivity index (χ4v) is 4.66. The fourth-order valence-electron chi connectivity index (χ4n) is 3.09. The molecule has 26 heavy (non-hydrogen) atoms. The van der Waals surface area contributed by atoms with Gasteiger partial charge in [-0.15, -0.1) is 0 Å². The summed E-state index contributed by atoms with van der Waals surface area (Å²) in [5, 5.41) is 7.05. The number of fused-ring (bicyclic) bond motifs is 1. The van der Waals surface area contributed by atoms with Gasteiger partial charge >= 0.3 is 0 Å². The molecular formula is C17H20N4O4S. The summed E-state index contributed by atoms with van der Waals surface area (Å²) >= 11 is 0. The Kier molecular flexibility index (Phi) is 4.57. The minimum absolute atomic E-state index is 0.00948. The minimum Gasteiger partial charge on any atom is -0.349 e. The van der Waals surface area contributed by atoms with Crippen LogP contribution in [0.25, 0.3) is 0 Å². The molecule has 1 atom stereocenters. The first-order chi connectivity index (χ1) is 12.2. The first kappa shape index (κ1) is 18.1. The van der Waals surface area contributed by atoms with E-state index in [4.69, 9.17) is 0 Å². The molecule has 0 aliphatic carbocycles. The number of rotatable bonds is 5. The van der Waals surface area contributed by atoms with E-state index in [9.17, 15) is 18.0 Å². The highest BCUT2D eigenvalue weighted by atomic mass is 32.2. The number of benzene rings is 1. The van der Waals surface area contributed by atoms with E-state index >= 15 is 0 Å². The summed E-state index contributed by atoms with van der Waals surface area (Å²) in [5.41, 5.74) is 1.85. The average molecular weight is 376 g/mol. The van der Waals surface area contributed by atoms with Gasteiger partial charge in [0.15, 0.2) is 0 Å². The highest BCUT2D eigenvalue weighted by Crippen LogP contribution is 2.29. The number of nitrogens with one attached hydrogen (secondary N) is 1. The maximum atomic E-state index is 12.5. The maximum Gasteiger partial charge on any atom is 0.269 e. The van der Waals surface area contributed by atoms with Crippen molar-refractivity contribution in [2.45, 2.75) is 31.2 Å². The lowest BCUT2D eigenvalue weighted by Gasteiger charge is -2.17. The number of hydrogen-bond donors (Lipinski definition) is 1. The second kappa shape index (κ2) is 6.56. The molecule has 9 heteroatoms. The van der Waals surface area contributed by atoms with Crippen molar-refractivity contribution in [1.82, 2.24) is 19.4 Å². The van der Waals surface area contributed by atoms with Crippen LogP contribution in [0.3, 0.4) is 0 Å². The van der Waals surface area contributed by atoms with Crippen LogP contribution in [-0.2, 0) is 21.9 Å². The molecule has 2 heterocycles. The van der Waals surface area contributed by atoms with Crippen LogP contribution in [0.1, 0.15) is 41.0 Å². The topological polar surface area (TPSA) is 101 Å². The van der Waals surface area contributed by atoms with Crippen LogP contribution in [-0.4, -0.2) is 40.9 Å². The van der Waals surface area contributed by atoms with Crippen molar-refractivity contribution in [2.24, 2.45) is 7.05 Å². The number of aromatic nitrogens is 2. The molecule has 0 saturated heterocycles. The van der Waals surface area contributed by atoms with Crippen LogP contribution in [0.15, 0.2) is 35.4 Å². The molecule has 138 valence electrons. The van der Waals surface area contributed by atoms with Crippen LogP contribution in [0.4, 0.5) is 0 Å². The van der Waals surface area contributed by atoms with Crippen molar-refractivity contribution in [3.8, 4) is 0 Å². The molecule has 0 saturated carbocycles. The highest BCUT2D eigenvalue weighted by Gasteiger charge is 2.40. The SMILES string of the molecule is Cc1nn(C)cc1[C@H](C)NC(=O)CCN1C(=O)c2ccccc2S1(=O)=O. The lowest BCUT2D eigenvalue weighted by Crippen LogP contribution is -2.35. The summed E-state index contributed by atoms with van der Waals surface area (Å²) in [6.07, 6.45) is 1.72. The lowest BCUT2D eigenvalue weighted by molar-refractivity contribution is -0.121. The summed E-state index contributed by atoms with van der Waals surface area (Å²) in [5.74, 6) is -0.927. The molecule has 0 bridgehead atoms. The van der Waals surface area contributed by atoms with Gasteiger partial charge in [0.05, 0.1) is 17.3 Å². The number of carbonyl (C=O) groups excluding carboxylic acids is 2. The second-order valence-corrected chi connectivity index (χ2v) is 8.09. The van der Waals surface area contributed by atoms with E-state index in [2.05, 4.69) is 10.4 Å². The lowest BCUT2D eigenvalue weighted by atomic mass is 10.1. The number of sulfonamides is 1. The van der Waals surface area contributed by atoms with E-state index in [1.807, 2.05) is 20.0 Å². The Morgan fingerprint density at radius 3 is 2.62 bits per heavy atom. The third kappa shape index (κ3) is 3.10. The van der Waals surface area contributed by atoms with Gasteiger partial charge in [-0.1, -0.05) is 12.1 Å². The van der Waals surface area contributed by atoms with Crippen molar-refractivity contribution in [1.29, 1.82) is 0 Å². The first-order valence-electron chi connectivity index (χ1n) is 8.17. The van der Waals surface area contributed by atoms with Gasteiger partial charge in [-0.25, -0.2) is 12.7 Å².